The lowest BCUT2D eigenvalue weighted by atomic mass is 10.0. The van der Waals surface area contributed by atoms with E-state index in [1.807, 2.05) is 0 Å². The van der Waals surface area contributed by atoms with E-state index in [0.29, 0.717) is 0 Å². The Morgan fingerprint density at radius 2 is 1.24 bits per heavy atom. The molecule has 0 saturated heterocycles. The first kappa shape index (κ1) is 30.4. The maximum absolute atomic E-state index is 12.7. The molecule has 12 heteroatoms. The Morgan fingerprint density at radius 3 is 1.67 bits per heavy atom. The van der Waals surface area contributed by atoms with Gasteiger partial charge in [-0.15, -0.1) is 0 Å². The van der Waals surface area contributed by atoms with E-state index in [9.17, 15) is 29.4 Å². The molecule has 0 spiro atoms. The Bertz CT molecular complexity index is 685. The molecule has 33 heavy (non-hydrogen) atoms. The first-order chi connectivity index (χ1) is 14.9. The summed E-state index contributed by atoms with van der Waals surface area (Å²) in [5, 5.41) is 29.8. The fourth-order valence-corrected chi connectivity index (χ4v) is 2.47. The van der Waals surface area contributed by atoms with Crippen molar-refractivity contribution in [2.75, 3.05) is 6.61 Å². The lowest BCUT2D eigenvalue weighted by molar-refractivity contribution is -0.129. The number of alkyl carbamates (subject to hydrolysis) is 2. The topological polar surface area (TPSA) is 175 Å². The van der Waals surface area contributed by atoms with Gasteiger partial charge < -0.3 is 41.0 Å². The van der Waals surface area contributed by atoms with Crippen LogP contribution in [0, 0.1) is 0 Å². The van der Waals surface area contributed by atoms with Gasteiger partial charge >= 0.3 is 12.2 Å². The van der Waals surface area contributed by atoms with E-state index in [0.717, 1.165) is 0 Å². The molecule has 4 atom stereocenters. The minimum atomic E-state index is -1.66. The zero-order valence-corrected chi connectivity index (χ0v) is 20.9. The van der Waals surface area contributed by atoms with Gasteiger partial charge in [-0.1, -0.05) is 0 Å². The molecule has 6 N–H and O–H groups in total. The molecule has 12 nitrogen and oxygen atoms in total. The normalized spacial score (nSPS) is 15.5. The van der Waals surface area contributed by atoms with Crippen LogP contribution >= 0.6 is 0 Å². The van der Waals surface area contributed by atoms with Gasteiger partial charge in [-0.25, -0.2) is 9.59 Å². The predicted molar refractivity (Wildman–Crippen MR) is 120 cm³/mol. The van der Waals surface area contributed by atoms with E-state index in [4.69, 9.17) is 9.47 Å². The highest BCUT2D eigenvalue weighted by molar-refractivity contribution is 5.87. The smallest absolute Gasteiger partial charge is 0.408 e. The number of carbonyl (C=O) groups excluding carboxylic acids is 4. The Kier molecular flexibility index (Phi) is 11.6. The van der Waals surface area contributed by atoms with Crippen molar-refractivity contribution in [2.24, 2.45) is 0 Å². The van der Waals surface area contributed by atoms with Crippen molar-refractivity contribution >= 4 is 24.0 Å². The Labute approximate surface area is 195 Å². The first-order valence-corrected chi connectivity index (χ1v) is 10.7. The fourth-order valence-electron chi connectivity index (χ4n) is 2.47. The first-order valence-electron chi connectivity index (χ1n) is 10.7. The molecular weight excluding hydrogens is 436 g/mol. The van der Waals surface area contributed by atoms with Crippen LogP contribution in [-0.2, 0) is 19.1 Å². The summed E-state index contributed by atoms with van der Waals surface area (Å²) < 4.78 is 10.1. The average Bonchev–Trinajstić information content (AvgIpc) is 2.59. The van der Waals surface area contributed by atoms with E-state index in [-0.39, 0.29) is 0 Å². The lowest BCUT2D eigenvalue weighted by Gasteiger charge is -2.31. The van der Waals surface area contributed by atoms with Gasteiger partial charge in [0.25, 0.3) is 0 Å². The highest BCUT2D eigenvalue weighted by Gasteiger charge is 2.36. The SMILES string of the molecule is CC(C)OC(=O)N[C@H](C(=O)NC(C)(C)C)C(O)C(C)OC(=O)N[C@@H](CO)C(=O)NC(C)(C)C. The third-order valence-corrected chi connectivity index (χ3v) is 3.80. The number of rotatable bonds is 9. The summed E-state index contributed by atoms with van der Waals surface area (Å²) in [6, 6.07) is -2.80. The van der Waals surface area contributed by atoms with Gasteiger partial charge in [0, 0.05) is 11.1 Å². The van der Waals surface area contributed by atoms with Crippen LogP contribution in [0.2, 0.25) is 0 Å². The molecule has 4 amide bonds. The molecule has 0 aromatic carbocycles. The van der Waals surface area contributed by atoms with Gasteiger partial charge in [0.15, 0.2) is 0 Å². The van der Waals surface area contributed by atoms with E-state index in [1.165, 1.54) is 6.92 Å². The molecule has 0 aromatic rings. The fraction of sp³-hybridized carbons (Fsp3) is 0.810. The summed E-state index contributed by atoms with van der Waals surface area (Å²) in [5.74, 6) is -1.35. The van der Waals surface area contributed by atoms with Gasteiger partial charge in [-0.2, -0.15) is 0 Å². The van der Waals surface area contributed by atoms with Crippen LogP contribution in [0.25, 0.3) is 0 Å². The Hall–Kier alpha value is -2.60. The lowest BCUT2D eigenvalue weighted by Crippen LogP contribution is -2.60. The summed E-state index contributed by atoms with van der Waals surface area (Å²) in [7, 11) is 0. The van der Waals surface area contributed by atoms with Gasteiger partial charge in [0.2, 0.25) is 11.8 Å². The molecule has 0 aliphatic heterocycles. The summed E-state index contributed by atoms with van der Waals surface area (Å²) in [6.07, 6.45) is -5.46. The zero-order chi connectivity index (χ0) is 26.1. The second-order valence-corrected chi connectivity index (χ2v) is 10.0. The van der Waals surface area contributed by atoms with Crippen molar-refractivity contribution in [3.05, 3.63) is 0 Å². The monoisotopic (exact) mass is 476 g/mol. The van der Waals surface area contributed by atoms with Crippen LogP contribution < -0.4 is 21.3 Å². The van der Waals surface area contributed by atoms with Crippen molar-refractivity contribution in [2.45, 2.75) is 104 Å². The van der Waals surface area contributed by atoms with Crippen molar-refractivity contribution < 1.29 is 38.9 Å². The number of hydrogen-bond acceptors (Lipinski definition) is 8. The summed E-state index contributed by atoms with van der Waals surface area (Å²) in [5.41, 5.74) is -1.27. The molecule has 0 aromatic heterocycles. The van der Waals surface area contributed by atoms with Gasteiger partial charge in [0.05, 0.1) is 12.7 Å². The molecule has 0 rings (SSSR count). The second kappa shape index (κ2) is 12.6. The number of hydrogen-bond donors (Lipinski definition) is 6. The zero-order valence-electron chi connectivity index (χ0n) is 20.9. The molecular formula is C21H40N4O8. The molecule has 0 bridgehead atoms. The number of amides is 4. The molecule has 0 radical (unpaired) electrons. The molecule has 2 unspecified atom stereocenters. The van der Waals surface area contributed by atoms with Gasteiger partial charge in [-0.3, -0.25) is 9.59 Å². The quantitative estimate of drug-likeness (QED) is 0.273. The van der Waals surface area contributed by atoms with E-state index in [2.05, 4.69) is 21.3 Å². The van der Waals surface area contributed by atoms with E-state index >= 15 is 0 Å². The number of nitrogens with one attached hydrogen (secondary N) is 4. The van der Waals surface area contributed by atoms with Crippen LogP contribution in [0.4, 0.5) is 9.59 Å². The summed E-state index contributed by atoms with van der Waals surface area (Å²) in [6.45, 7) is 14.2. The molecule has 0 saturated carbocycles. The minimum Gasteiger partial charge on any atom is -0.447 e. The highest BCUT2D eigenvalue weighted by atomic mass is 16.6. The van der Waals surface area contributed by atoms with E-state index < -0.39 is 72.1 Å². The number of ether oxygens (including phenoxy) is 2. The van der Waals surface area contributed by atoms with Crippen LogP contribution in [-0.4, -0.2) is 82.3 Å². The molecule has 0 aliphatic rings. The largest absolute Gasteiger partial charge is 0.447 e. The maximum Gasteiger partial charge on any atom is 0.408 e. The molecule has 0 aliphatic carbocycles. The summed E-state index contributed by atoms with van der Waals surface area (Å²) in [4.78, 5) is 49.1. The van der Waals surface area contributed by atoms with Crippen molar-refractivity contribution in [1.29, 1.82) is 0 Å². The average molecular weight is 477 g/mol. The van der Waals surface area contributed by atoms with E-state index in [1.54, 1.807) is 55.4 Å². The van der Waals surface area contributed by atoms with Crippen molar-refractivity contribution in [3.8, 4) is 0 Å². The number of carbonyl (C=O) groups is 4. The number of aliphatic hydroxyl groups excluding tert-OH is 2. The third-order valence-electron chi connectivity index (χ3n) is 3.80. The second-order valence-electron chi connectivity index (χ2n) is 10.0. The van der Waals surface area contributed by atoms with Crippen LogP contribution in [0.15, 0.2) is 0 Å². The molecule has 192 valence electrons. The Balaban J connectivity index is 5.32. The third kappa shape index (κ3) is 12.9. The number of aliphatic hydroxyl groups is 2. The molecule has 0 fully saturated rings. The predicted octanol–water partition coefficient (Wildman–Crippen LogP) is 0.156. The van der Waals surface area contributed by atoms with Gasteiger partial charge in [0.1, 0.15) is 24.3 Å². The minimum absolute atomic E-state index is 0.470. The highest BCUT2D eigenvalue weighted by Crippen LogP contribution is 2.09. The van der Waals surface area contributed by atoms with Crippen molar-refractivity contribution in [1.82, 2.24) is 21.3 Å². The maximum atomic E-state index is 12.7. The Morgan fingerprint density at radius 1 is 0.788 bits per heavy atom. The van der Waals surface area contributed by atoms with Crippen LogP contribution in [0.1, 0.15) is 62.3 Å². The van der Waals surface area contributed by atoms with Gasteiger partial charge in [-0.05, 0) is 62.3 Å². The van der Waals surface area contributed by atoms with Crippen LogP contribution in [0.3, 0.4) is 0 Å². The van der Waals surface area contributed by atoms with Crippen LogP contribution in [0.5, 0.6) is 0 Å². The molecule has 0 heterocycles. The van der Waals surface area contributed by atoms with Crippen molar-refractivity contribution in [3.63, 3.8) is 0 Å². The summed E-state index contributed by atoms with van der Waals surface area (Å²) >= 11 is 0. The standard InChI is InChI=1S/C21H40N4O8/c1-11(2)32-19(31)23-14(17(29)25-21(7,8)9)15(27)12(3)33-18(30)22-13(10-26)16(28)24-20(4,5)6/h11-15,26-27H,10H2,1-9H3,(H,22,30)(H,23,31)(H,24,28)(H,25,29)/t12?,13-,14-,15?/m0/s1.